The molecule has 3 saturated heterocycles. The molecule has 1 amide bonds. The number of hydrogen-bond donors (Lipinski definition) is 1. The van der Waals surface area contributed by atoms with Crippen molar-refractivity contribution >= 4 is 31.6 Å². The van der Waals surface area contributed by atoms with E-state index in [1.165, 1.54) is 10.6 Å². The fourth-order valence-electron chi connectivity index (χ4n) is 7.62. The molecule has 12 heteroatoms. The number of ether oxygens (including phenoxy) is 1. The van der Waals surface area contributed by atoms with Gasteiger partial charge in [0.25, 0.3) is 0 Å². The van der Waals surface area contributed by atoms with Gasteiger partial charge in [0, 0.05) is 37.1 Å². The van der Waals surface area contributed by atoms with Crippen LogP contribution in [0.4, 0.5) is 5.69 Å². The Balaban J connectivity index is 1.17. The maximum Gasteiger partial charge on any atom is 0.243 e. The van der Waals surface area contributed by atoms with E-state index >= 15 is 0 Å². The summed E-state index contributed by atoms with van der Waals surface area (Å²) in [5, 5.41) is -0.535. The van der Waals surface area contributed by atoms with Gasteiger partial charge in [0.05, 0.1) is 30.4 Å². The third-order valence-corrected chi connectivity index (χ3v) is 13.1. The number of amides is 1. The molecule has 43 heavy (non-hydrogen) atoms. The third kappa shape index (κ3) is 6.09. The zero-order chi connectivity index (χ0) is 30.4. The van der Waals surface area contributed by atoms with E-state index in [2.05, 4.69) is 16.7 Å². The van der Waals surface area contributed by atoms with E-state index in [0.29, 0.717) is 51.0 Å². The Labute approximate surface area is 255 Å². The fourth-order valence-corrected chi connectivity index (χ4v) is 10.3. The highest BCUT2D eigenvalue weighted by Gasteiger charge is 2.49. The van der Waals surface area contributed by atoms with E-state index in [9.17, 15) is 21.6 Å². The first-order valence-electron chi connectivity index (χ1n) is 15.2. The molecule has 10 nitrogen and oxygen atoms in total. The number of nitrogens with zero attached hydrogens (tertiary/aromatic N) is 3. The first-order chi connectivity index (χ1) is 20.5. The van der Waals surface area contributed by atoms with Crippen molar-refractivity contribution in [3.63, 3.8) is 0 Å². The summed E-state index contributed by atoms with van der Waals surface area (Å²) in [6.07, 6.45) is 5.54. The molecule has 4 aliphatic rings. The molecule has 4 aliphatic heterocycles. The molecule has 0 radical (unpaired) electrons. The lowest BCUT2D eigenvalue weighted by Crippen LogP contribution is -2.57. The minimum Gasteiger partial charge on any atom is -0.375 e. The summed E-state index contributed by atoms with van der Waals surface area (Å²) in [6, 6.07) is 16.7. The van der Waals surface area contributed by atoms with Gasteiger partial charge in [0.1, 0.15) is 6.04 Å². The second-order valence-electron chi connectivity index (χ2n) is 12.8. The standard InChI is InChI=1S/C31H42N4O6S2/c1-33-24-12-13-25(33)19-26(18-24)43(39,40)32-28(21-41-20-23-8-4-3-5-9-23)30(36)34-16-14-31(15-17-34)22-35(42(2,37)38)29-11-7-6-10-27(29)31/h3-11,24-26,28,32H,12-22H2,1-2H3/t24?,25?,26?,28-/m1/s1. The van der Waals surface area contributed by atoms with Gasteiger partial charge in [0.2, 0.25) is 26.0 Å². The van der Waals surface area contributed by atoms with Gasteiger partial charge in [-0.05, 0) is 62.8 Å². The van der Waals surface area contributed by atoms with Gasteiger partial charge in [-0.2, -0.15) is 0 Å². The largest absolute Gasteiger partial charge is 0.375 e. The van der Waals surface area contributed by atoms with Gasteiger partial charge in [-0.3, -0.25) is 9.10 Å². The van der Waals surface area contributed by atoms with E-state index in [0.717, 1.165) is 24.0 Å². The number of rotatable bonds is 9. The molecular weight excluding hydrogens is 588 g/mol. The van der Waals surface area contributed by atoms with Crippen molar-refractivity contribution in [2.75, 3.05) is 43.8 Å². The van der Waals surface area contributed by atoms with E-state index in [1.807, 2.05) is 54.6 Å². The number of carbonyl (C=O) groups is 1. The number of likely N-dealkylation sites (tertiary alicyclic amines) is 1. The van der Waals surface area contributed by atoms with Crippen LogP contribution in [0.2, 0.25) is 0 Å². The topological polar surface area (TPSA) is 116 Å². The van der Waals surface area contributed by atoms with Gasteiger partial charge in [-0.1, -0.05) is 48.5 Å². The van der Waals surface area contributed by atoms with Crippen molar-refractivity contribution in [2.45, 2.75) is 73.9 Å². The molecule has 0 saturated carbocycles. The summed E-state index contributed by atoms with van der Waals surface area (Å²) in [6.45, 7) is 1.35. The molecule has 1 N–H and O–H groups in total. The van der Waals surface area contributed by atoms with Crippen molar-refractivity contribution in [3.8, 4) is 0 Å². The zero-order valence-corrected chi connectivity index (χ0v) is 26.5. The van der Waals surface area contributed by atoms with Crippen LogP contribution in [0.15, 0.2) is 54.6 Å². The summed E-state index contributed by atoms with van der Waals surface area (Å²) in [5.41, 5.74) is 2.26. The molecule has 3 fully saturated rings. The lowest BCUT2D eigenvalue weighted by atomic mass is 9.74. The fraction of sp³-hybridized carbons (Fsp3) is 0.581. The van der Waals surface area contributed by atoms with Gasteiger partial charge < -0.3 is 14.5 Å². The lowest BCUT2D eigenvalue weighted by molar-refractivity contribution is -0.136. The number of para-hydroxylation sites is 1. The lowest BCUT2D eigenvalue weighted by Gasteiger charge is -2.41. The molecule has 6 rings (SSSR count). The summed E-state index contributed by atoms with van der Waals surface area (Å²) >= 11 is 0. The van der Waals surface area contributed by atoms with Crippen molar-refractivity contribution in [2.24, 2.45) is 0 Å². The van der Waals surface area contributed by atoms with Crippen LogP contribution >= 0.6 is 0 Å². The second-order valence-corrected chi connectivity index (χ2v) is 16.7. The molecule has 4 heterocycles. The Bertz CT molecular complexity index is 1530. The van der Waals surface area contributed by atoms with Crippen LogP contribution in [0, 0.1) is 0 Å². The number of piperidine rings is 2. The monoisotopic (exact) mass is 630 g/mol. The van der Waals surface area contributed by atoms with Gasteiger partial charge >= 0.3 is 0 Å². The highest BCUT2D eigenvalue weighted by molar-refractivity contribution is 7.92. The van der Waals surface area contributed by atoms with Crippen molar-refractivity contribution in [3.05, 3.63) is 65.7 Å². The van der Waals surface area contributed by atoms with Crippen LogP contribution in [0.1, 0.15) is 49.7 Å². The Morgan fingerprint density at radius 3 is 2.26 bits per heavy atom. The summed E-state index contributed by atoms with van der Waals surface area (Å²) < 4.78 is 62.8. The van der Waals surface area contributed by atoms with Crippen molar-refractivity contribution in [1.29, 1.82) is 0 Å². The maximum absolute atomic E-state index is 14.0. The molecule has 2 bridgehead atoms. The van der Waals surface area contributed by atoms with E-state index < -0.39 is 31.3 Å². The molecular formula is C31H42N4O6S2. The predicted octanol–water partition coefficient (Wildman–Crippen LogP) is 2.46. The Morgan fingerprint density at radius 2 is 1.60 bits per heavy atom. The first kappa shape index (κ1) is 30.5. The maximum atomic E-state index is 14.0. The SMILES string of the molecule is CN1C2CCC1CC(S(=O)(=O)N[C@H](COCc1ccccc1)C(=O)N1CCC3(CC1)CN(S(C)(=O)=O)c1ccccc13)C2. The second kappa shape index (κ2) is 11.8. The average Bonchev–Trinajstić information content (AvgIpc) is 3.38. The minimum atomic E-state index is -3.77. The number of fused-ring (bicyclic) bond motifs is 4. The Kier molecular flexibility index (Phi) is 8.36. The number of benzene rings is 2. The molecule has 0 aromatic heterocycles. The Hall–Kier alpha value is -2.51. The Morgan fingerprint density at radius 1 is 0.977 bits per heavy atom. The number of anilines is 1. The van der Waals surface area contributed by atoms with Crippen LogP contribution in [0.3, 0.4) is 0 Å². The van der Waals surface area contributed by atoms with Crippen LogP contribution in [0.5, 0.6) is 0 Å². The summed E-state index contributed by atoms with van der Waals surface area (Å²) in [5.74, 6) is -0.298. The quantitative estimate of drug-likeness (QED) is 0.453. The van der Waals surface area contributed by atoms with Crippen LogP contribution in [-0.2, 0) is 41.6 Å². The molecule has 3 atom stereocenters. The molecule has 0 aliphatic carbocycles. The van der Waals surface area contributed by atoms with E-state index in [-0.39, 0.29) is 36.6 Å². The molecule has 2 unspecified atom stereocenters. The summed E-state index contributed by atoms with van der Waals surface area (Å²) in [7, 11) is -5.15. The van der Waals surface area contributed by atoms with E-state index in [1.54, 1.807) is 4.90 Å². The third-order valence-electron chi connectivity index (χ3n) is 10.1. The smallest absolute Gasteiger partial charge is 0.243 e. The first-order valence-corrected chi connectivity index (χ1v) is 18.6. The molecule has 2 aromatic carbocycles. The van der Waals surface area contributed by atoms with E-state index in [4.69, 9.17) is 4.74 Å². The zero-order valence-electron chi connectivity index (χ0n) is 24.9. The van der Waals surface area contributed by atoms with Crippen LogP contribution in [0.25, 0.3) is 0 Å². The van der Waals surface area contributed by atoms with Gasteiger partial charge in [-0.15, -0.1) is 0 Å². The van der Waals surface area contributed by atoms with Gasteiger partial charge in [-0.25, -0.2) is 21.6 Å². The molecule has 1 spiro atoms. The van der Waals surface area contributed by atoms with Crippen molar-refractivity contribution in [1.82, 2.24) is 14.5 Å². The number of nitrogens with one attached hydrogen (secondary N) is 1. The van der Waals surface area contributed by atoms with Crippen LogP contribution < -0.4 is 9.03 Å². The number of sulfonamides is 2. The average molecular weight is 631 g/mol. The highest BCUT2D eigenvalue weighted by Crippen LogP contribution is 2.48. The highest BCUT2D eigenvalue weighted by atomic mass is 32.2. The number of carbonyl (C=O) groups excluding carboxylic acids is 1. The predicted molar refractivity (Wildman–Crippen MR) is 166 cm³/mol. The van der Waals surface area contributed by atoms with Gasteiger partial charge in [0.15, 0.2) is 0 Å². The molecule has 2 aromatic rings. The molecule has 234 valence electrons. The summed E-state index contributed by atoms with van der Waals surface area (Å²) in [4.78, 5) is 18.0. The number of hydrogen-bond acceptors (Lipinski definition) is 7. The normalized spacial score (nSPS) is 26.0. The minimum absolute atomic E-state index is 0.0707. The van der Waals surface area contributed by atoms with Crippen molar-refractivity contribution < 1.29 is 26.4 Å². The van der Waals surface area contributed by atoms with Crippen LogP contribution in [-0.4, -0.2) is 95.5 Å².